The second-order valence-electron chi connectivity index (χ2n) is 6.30. The summed E-state index contributed by atoms with van der Waals surface area (Å²) in [5, 5.41) is 3.84. The number of rotatable bonds is 2. The second kappa shape index (κ2) is 4.40. The number of nitrogens with zero attached hydrogens (tertiary/aromatic N) is 3. The van der Waals surface area contributed by atoms with Gasteiger partial charge in [-0.3, -0.25) is 4.55 Å². The van der Waals surface area contributed by atoms with Crippen molar-refractivity contribution < 1.29 is 13.0 Å². The van der Waals surface area contributed by atoms with Crippen LogP contribution in [0.3, 0.4) is 0 Å². The number of hydrogen-bond donors (Lipinski definition) is 3. The van der Waals surface area contributed by atoms with Gasteiger partial charge in [0.2, 0.25) is 5.96 Å². The molecule has 0 aromatic carbocycles. The molecule has 0 saturated heterocycles. The number of nitrogens with one attached hydrogen (secondary N) is 1. The molecule has 0 amide bonds. The summed E-state index contributed by atoms with van der Waals surface area (Å²) in [6.45, 7) is 6.88. The van der Waals surface area contributed by atoms with Gasteiger partial charge in [0.1, 0.15) is 5.84 Å². The van der Waals surface area contributed by atoms with Gasteiger partial charge < -0.3 is 5.32 Å². The molecule has 1 saturated carbocycles. The fraction of sp³-hybridized carbons (Fsp3) is 0.818. The van der Waals surface area contributed by atoms with Crippen molar-refractivity contribution in [1.82, 2.24) is 10.3 Å². The molecule has 20 heavy (non-hydrogen) atoms. The molecular formula is C11H21N5O3S. The lowest BCUT2D eigenvalue weighted by molar-refractivity contribution is 0.254. The minimum absolute atomic E-state index is 0.147. The Morgan fingerprint density at radius 3 is 2.45 bits per heavy atom. The van der Waals surface area contributed by atoms with Crippen molar-refractivity contribution in [2.75, 3.05) is 0 Å². The minimum Gasteiger partial charge on any atom is -0.313 e. The van der Waals surface area contributed by atoms with Crippen LogP contribution in [-0.4, -0.2) is 40.8 Å². The smallest absolute Gasteiger partial charge is 0.312 e. The highest BCUT2D eigenvalue weighted by atomic mass is 32.2. The number of hydrazine groups is 1. The van der Waals surface area contributed by atoms with Crippen molar-refractivity contribution in [3.05, 3.63) is 0 Å². The Kier molecular flexibility index (Phi) is 3.35. The summed E-state index contributed by atoms with van der Waals surface area (Å²) in [7, 11) is -4.52. The van der Waals surface area contributed by atoms with Crippen LogP contribution in [0.1, 0.15) is 40.5 Å². The van der Waals surface area contributed by atoms with Crippen LogP contribution in [0.2, 0.25) is 0 Å². The molecule has 2 rings (SSSR count). The average molecular weight is 303 g/mol. The first-order valence-corrected chi connectivity index (χ1v) is 7.86. The van der Waals surface area contributed by atoms with Crippen molar-refractivity contribution in [2.45, 2.75) is 51.6 Å². The molecule has 1 aliphatic heterocycles. The van der Waals surface area contributed by atoms with E-state index in [1.165, 1.54) is 6.92 Å². The summed E-state index contributed by atoms with van der Waals surface area (Å²) in [6.07, 6.45) is 1.90. The van der Waals surface area contributed by atoms with Crippen molar-refractivity contribution in [3.63, 3.8) is 0 Å². The molecule has 1 unspecified atom stereocenters. The first-order valence-electron chi connectivity index (χ1n) is 6.42. The highest BCUT2D eigenvalue weighted by molar-refractivity contribution is 7.87. The van der Waals surface area contributed by atoms with Gasteiger partial charge in [-0.25, -0.2) is 20.8 Å². The van der Waals surface area contributed by atoms with Gasteiger partial charge in [0.15, 0.2) is 0 Å². The predicted molar refractivity (Wildman–Crippen MR) is 76.5 cm³/mol. The van der Waals surface area contributed by atoms with E-state index in [-0.39, 0.29) is 12.0 Å². The lowest BCUT2D eigenvalue weighted by atomic mass is 9.94. The highest BCUT2D eigenvalue weighted by Gasteiger charge is 2.49. The van der Waals surface area contributed by atoms with E-state index < -0.39 is 20.5 Å². The van der Waals surface area contributed by atoms with Crippen LogP contribution in [0.5, 0.6) is 0 Å². The molecule has 1 atom stereocenters. The van der Waals surface area contributed by atoms with Crippen molar-refractivity contribution >= 4 is 21.9 Å². The van der Waals surface area contributed by atoms with Gasteiger partial charge >= 0.3 is 10.1 Å². The van der Waals surface area contributed by atoms with E-state index in [1.54, 1.807) is 0 Å². The van der Waals surface area contributed by atoms with Gasteiger partial charge in [0.05, 0.1) is 6.04 Å². The number of guanidine groups is 1. The zero-order chi connectivity index (χ0) is 15.3. The number of nitrogens with two attached hydrogens (primary N) is 1. The maximum atomic E-state index is 11.7. The number of amidine groups is 1. The summed E-state index contributed by atoms with van der Waals surface area (Å²) >= 11 is 0. The fourth-order valence-corrected chi connectivity index (χ4v) is 2.20. The van der Waals surface area contributed by atoms with Gasteiger partial charge in [0.25, 0.3) is 4.99 Å². The molecule has 9 heteroatoms. The fourth-order valence-electron chi connectivity index (χ4n) is 1.66. The summed E-state index contributed by atoms with van der Waals surface area (Å²) in [5.74, 6) is 6.45. The molecule has 1 aliphatic carbocycles. The van der Waals surface area contributed by atoms with Gasteiger partial charge in [-0.2, -0.15) is 8.42 Å². The molecule has 0 spiro atoms. The molecule has 0 aromatic rings. The Morgan fingerprint density at radius 2 is 2.05 bits per heavy atom. The molecule has 1 fully saturated rings. The van der Waals surface area contributed by atoms with E-state index in [0.717, 1.165) is 17.9 Å². The SMILES string of the molecule is CC(C)(C)C1=NC(C)(S(=O)(=O)O)N(N)C(=NC2CC2)N1. The lowest BCUT2D eigenvalue weighted by Crippen LogP contribution is -2.66. The largest absolute Gasteiger partial charge is 0.313 e. The summed E-state index contributed by atoms with van der Waals surface area (Å²) < 4.78 is 32.8. The van der Waals surface area contributed by atoms with Crippen LogP contribution in [0, 0.1) is 5.41 Å². The monoisotopic (exact) mass is 303 g/mol. The van der Waals surface area contributed by atoms with Gasteiger partial charge in [-0.05, 0) is 19.8 Å². The van der Waals surface area contributed by atoms with E-state index >= 15 is 0 Å². The average Bonchev–Trinajstić information content (AvgIpc) is 3.05. The zero-order valence-electron chi connectivity index (χ0n) is 12.1. The Balaban J connectivity index is 2.54. The van der Waals surface area contributed by atoms with Gasteiger partial charge in [-0.15, -0.1) is 0 Å². The Morgan fingerprint density at radius 1 is 1.50 bits per heavy atom. The minimum atomic E-state index is -4.52. The van der Waals surface area contributed by atoms with E-state index in [4.69, 9.17) is 5.84 Å². The third kappa shape index (κ3) is 2.65. The van der Waals surface area contributed by atoms with Crippen molar-refractivity contribution in [2.24, 2.45) is 21.2 Å². The van der Waals surface area contributed by atoms with Crippen molar-refractivity contribution in [3.8, 4) is 0 Å². The standard InChI is InChI=1S/C11H21N5O3S/c1-10(2,3)8-14-9(13-7-5-6-7)16(12)11(4,15-8)20(17,18)19/h7H,5-6,12H2,1-4H3,(H,13,14,15)(H,17,18,19). The van der Waals surface area contributed by atoms with E-state index in [9.17, 15) is 13.0 Å². The number of aliphatic imine (C=N–C) groups is 2. The molecule has 8 nitrogen and oxygen atoms in total. The second-order valence-corrected chi connectivity index (χ2v) is 8.02. The maximum Gasteiger partial charge on any atom is 0.312 e. The first-order chi connectivity index (χ1) is 8.95. The first kappa shape index (κ1) is 15.2. The summed E-state index contributed by atoms with van der Waals surface area (Å²) in [4.78, 5) is 6.48. The third-order valence-corrected chi connectivity index (χ3v) is 4.54. The van der Waals surface area contributed by atoms with Crippen molar-refractivity contribution in [1.29, 1.82) is 0 Å². The Labute approximate surface area is 118 Å². The number of hydrogen-bond acceptors (Lipinski definition) is 5. The van der Waals surface area contributed by atoms with E-state index in [2.05, 4.69) is 15.3 Å². The van der Waals surface area contributed by atoms with Crippen LogP contribution in [0.15, 0.2) is 9.98 Å². The zero-order valence-corrected chi connectivity index (χ0v) is 12.9. The molecule has 0 aromatic heterocycles. The summed E-state index contributed by atoms with van der Waals surface area (Å²) in [5.41, 5.74) is -0.433. The van der Waals surface area contributed by atoms with Crippen LogP contribution in [-0.2, 0) is 10.1 Å². The molecule has 0 radical (unpaired) electrons. The molecular weight excluding hydrogens is 282 g/mol. The molecule has 0 bridgehead atoms. The third-order valence-electron chi connectivity index (χ3n) is 3.28. The van der Waals surface area contributed by atoms with Crippen LogP contribution < -0.4 is 11.2 Å². The van der Waals surface area contributed by atoms with Crippen LogP contribution in [0.25, 0.3) is 0 Å². The van der Waals surface area contributed by atoms with E-state index in [0.29, 0.717) is 5.84 Å². The Bertz CT molecular complexity index is 573. The van der Waals surface area contributed by atoms with Gasteiger partial charge in [0, 0.05) is 5.41 Å². The lowest BCUT2D eigenvalue weighted by Gasteiger charge is -2.41. The normalized spacial score (nSPS) is 30.2. The molecule has 2 aliphatic rings. The van der Waals surface area contributed by atoms with Gasteiger partial charge in [-0.1, -0.05) is 20.8 Å². The highest BCUT2D eigenvalue weighted by Crippen LogP contribution is 2.30. The topological polar surface area (TPSA) is 120 Å². The maximum absolute atomic E-state index is 11.7. The van der Waals surface area contributed by atoms with Crippen LogP contribution >= 0.6 is 0 Å². The molecule has 1 heterocycles. The quantitative estimate of drug-likeness (QED) is 0.498. The predicted octanol–water partition coefficient (Wildman–Crippen LogP) is 0.290. The van der Waals surface area contributed by atoms with E-state index in [1.807, 2.05) is 20.8 Å². The summed E-state index contributed by atoms with van der Waals surface area (Å²) in [6, 6.07) is 0.147. The molecule has 114 valence electrons. The van der Waals surface area contributed by atoms with Crippen LogP contribution in [0.4, 0.5) is 0 Å². The Hall–Kier alpha value is -1.19. The molecule has 4 N–H and O–H groups in total.